The van der Waals surface area contributed by atoms with Crippen LogP contribution in [0.4, 0.5) is 0 Å². The van der Waals surface area contributed by atoms with Gasteiger partial charge in [0.15, 0.2) is 0 Å². The minimum absolute atomic E-state index is 0.0618. The Labute approximate surface area is 245 Å². The van der Waals surface area contributed by atoms with Gasteiger partial charge in [0.2, 0.25) is 0 Å². The third-order valence-corrected chi connectivity index (χ3v) is 7.95. The van der Waals surface area contributed by atoms with Gasteiger partial charge in [0.05, 0.1) is 26.2 Å². The molecule has 234 valence electrons. The van der Waals surface area contributed by atoms with Crippen LogP contribution < -0.4 is 5.11 Å². The zero-order valence-electron chi connectivity index (χ0n) is 25.7. The summed E-state index contributed by atoms with van der Waals surface area (Å²) in [6, 6.07) is 0. The number of unbranched alkanes of at least 4 members (excludes halogenated alkanes) is 15. The van der Waals surface area contributed by atoms with E-state index in [0.717, 1.165) is 62.8 Å². The molecule has 2 N–H and O–H groups in total. The number of hydrogen-bond acceptors (Lipinski definition) is 4. The fraction of sp³-hybridized carbons (Fsp3) is 0.848. The third-order valence-electron chi connectivity index (χ3n) is 7.95. The number of carboxylic acids is 3. The van der Waals surface area contributed by atoms with E-state index >= 15 is 0 Å². The van der Waals surface area contributed by atoms with Crippen molar-refractivity contribution >= 4 is 17.9 Å². The molecule has 7 nitrogen and oxygen atoms in total. The first-order valence-corrected chi connectivity index (χ1v) is 16.4. The summed E-state index contributed by atoms with van der Waals surface area (Å²) in [4.78, 5) is 32.8. The number of quaternary nitrogens is 1. The summed E-state index contributed by atoms with van der Waals surface area (Å²) in [5.74, 6) is -2.57. The highest BCUT2D eigenvalue weighted by molar-refractivity contribution is 5.66. The summed E-state index contributed by atoms with van der Waals surface area (Å²) in [5.41, 5.74) is 0. The van der Waals surface area contributed by atoms with Gasteiger partial charge >= 0.3 is 11.9 Å². The Balaban J connectivity index is 4.47. The van der Waals surface area contributed by atoms with Crippen LogP contribution in [0.5, 0.6) is 0 Å². The molecule has 0 aliphatic heterocycles. The maximum atomic E-state index is 11.0. The van der Waals surface area contributed by atoms with E-state index in [4.69, 9.17) is 10.2 Å². The lowest BCUT2D eigenvalue weighted by molar-refractivity contribution is -0.929. The zero-order chi connectivity index (χ0) is 29.7. The normalized spacial score (nSPS) is 11.8. The molecular weight excluding hydrogens is 506 g/mol. The molecule has 7 heteroatoms. The van der Waals surface area contributed by atoms with Crippen LogP contribution in [0.25, 0.3) is 0 Å². The standard InChI is InChI=1S/C33H61NO6/c1-2-3-4-5-6-7-8-9-10-11-12-13-14-15-16-20-27-34(28-21-17-24-31(35)36,29-22-18-25-32(37)38)30-23-19-26-33(39)40/h9-10H,2-8,11-30H2,1H3,(H2-,35,36,37,38,39,40)/b10-9+. The molecule has 0 aliphatic rings. The molecule has 0 unspecified atom stereocenters. The van der Waals surface area contributed by atoms with Crippen LogP contribution in [0.15, 0.2) is 12.2 Å². The first-order chi connectivity index (χ1) is 19.3. The molecule has 0 spiro atoms. The van der Waals surface area contributed by atoms with Crippen molar-refractivity contribution in [3.05, 3.63) is 12.2 Å². The third kappa shape index (κ3) is 26.3. The van der Waals surface area contributed by atoms with E-state index in [-0.39, 0.29) is 19.3 Å². The van der Waals surface area contributed by atoms with Crippen molar-refractivity contribution in [1.82, 2.24) is 0 Å². The van der Waals surface area contributed by atoms with Gasteiger partial charge < -0.3 is 24.6 Å². The van der Waals surface area contributed by atoms with Gasteiger partial charge in [-0.3, -0.25) is 9.59 Å². The quantitative estimate of drug-likeness (QED) is 0.0517. The molecule has 0 aromatic heterocycles. The highest BCUT2D eigenvalue weighted by Crippen LogP contribution is 2.19. The first kappa shape index (κ1) is 38.1. The number of aliphatic carboxylic acids is 3. The maximum absolute atomic E-state index is 11.0. The van der Waals surface area contributed by atoms with Crippen molar-refractivity contribution in [2.45, 2.75) is 155 Å². The maximum Gasteiger partial charge on any atom is 0.303 e. The molecule has 0 fully saturated rings. The van der Waals surface area contributed by atoms with E-state index in [1.807, 2.05) is 0 Å². The molecular formula is C33H61NO6. The van der Waals surface area contributed by atoms with Crippen LogP contribution in [-0.4, -0.2) is 58.8 Å². The summed E-state index contributed by atoms with van der Waals surface area (Å²) in [7, 11) is 0. The lowest BCUT2D eigenvalue weighted by Crippen LogP contribution is -2.51. The van der Waals surface area contributed by atoms with Crippen molar-refractivity contribution in [2.75, 3.05) is 26.2 Å². The summed E-state index contributed by atoms with van der Waals surface area (Å²) < 4.78 is 0.843. The second kappa shape index (κ2) is 27.3. The SMILES string of the molecule is CCCCCCCC/C=C/CCCCCCCC[N+](CCCCC(=O)[O-])(CCCCC(=O)O)CCCCC(=O)O. The van der Waals surface area contributed by atoms with E-state index in [1.165, 1.54) is 77.0 Å². The second-order valence-electron chi connectivity index (χ2n) is 11.7. The van der Waals surface area contributed by atoms with Gasteiger partial charge in [-0.15, -0.1) is 0 Å². The van der Waals surface area contributed by atoms with Crippen LogP contribution in [0, 0.1) is 0 Å². The van der Waals surface area contributed by atoms with Gasteiger partial charge in [0.25, 0.3) is 0 Å². The Bertz CT molecular complexity index is 608. The van der Waals surface area contributed by atoms with Crippen LogP contribution in [0.1, 0.15) is 155 Å². The number of carbonyl (C=O) groups excluding carboxylic acids is 1. The molecule has 0 saturated carbocycles. The van der Waals surface area contributed by atoms with E-state index in [1.54, 1.807) is 0 Å². The average molecular weight is 568 g/mol. The van der Waals surface area contributed by atoms with Gasteiger partial charge in [-0.2, -0.15) is 0 Å². The molecule has 0 rings (SSSR count). The Morgan fingerprint density at radius 3 is 1.27 bits per heavy atom. The summed E-state index contributed by atoms with van der Waals surface area (Å²) >= 11 is 0. The van der Waals surface area contributed by atoms with Crippen molar-refractivity contribution in [2.24, 2.45) is 0 Å². The molecule has 0 heterocycles. The van der Waals surface area contributed by atoms with Gasteiger partial charge in [-0.25, -0.2) is 0 Å². The van der Waals surface area contributed by atoms with E-state index in [0.29, 0.717) is 19.3 Å². The van der Waals surface area contributed by atoms with Crippen molar-refractivity contribution in [3.8, 4) is 0 Å². The Hall–Kier alpha value is -1.89. The molecule has 0 saturated heterocycles. The number of carboxylic acid groups (broad SMARTS) is 3. The average Bonchev–Trinajstić information content (AvgIpc) is 2.91. The number of nitrogens with zero attached hydrogens (tertiary/aromatic N) is 1. The largest absolute Gasteiger partial charge is 0.550 e. The lowest BCUT2D eigenvalue weighted by Gasteiger charge is -2.39. The molecule has 0 aliphatic carbocycles. The number of carbonyl (C=O) groups is 3. The zero-order valence-corrected chi connectivity index (χ0v) is 25.7. The predicted molar refractivity (Wildman–Crippen MR) is 161 cm³/mol. The highest BCUT2D eigenvalue weighted by atomic mass is 16.4. The van der Waals surface area contributed by atoms with Crippen LogP contribution >= 0.6 is 0 Å². The fourth-order valence-electron chi connectivity index (χ4n) is 5.53. The summed E-state index contributed by atoms with van der Waals surface area (Å²) in [5, 5.41) is 28.9. The lowest BCUT2D eigenvalue weighted by atomic mass is 10.1. The summed E-state index contributed by atoms with van der Waals surface area (Å²) in [6.45, 7) is 5.85. The van der Waals surface area contributed by atoms with Gasteiger partial charge in [0, 0.05) is 18.8 Å². The van der Waals surface area contributed by atoms with Crippen LogP contribution in [0.2, 0.25) is 0 Å². The van der Waals surface area contributed by atoms with Crippen LogP contribution in [-0.2, 0) is 14.4 Å². The van der Waals surface area contributed by atoms with Gasteiger partial charge in [0.1, 0.15) is 0 Å². The smallest absolute Gasteiger partial charge is 0.303 e. The molecule has 0 aromatic rings. The molecule has 0 aromatic carbocycles. The van der Waals surface area contributed by atoms with Crippen molar-refractivity contribution in [3.63, 3.8) is 0 Å². The molecule has 0 bridgehead atoms. The van der Waals surface area contributed by atoms with E-state index in [2.05, 4.69) is 19.1 Å². The predicted octanol–water partition coefficient (Wildman–Crippen LogP) is 7.27. The Morgan fingerprint density at radius 1 is 0.525 bits per heavy atom. The van der Waals surface area contributed by atoms with E-state index in [9.17, 15) is 19.5 Å². The fourth-order valence-corrected chi connectivity index (χ4v) is 5.53. The van der Waals surface area contributed by atoms with E-state index < -0.39 is 17.9 Å². The number of hydrogen-bond donors (Lipinski definition) is 2. The number of allylic oxidation sites excluding steroid dienone is 2. The minimum atomic E-state index is -1.02. The number of rotatable bonds is 31. The second-order valence-corrected chi connectivity index (χ2v) is 11.7. The van der Waals surface area contributed by atoms with Gasteiger partial charge in [-0.05, 0) is 83.5 Å². The van der Waals surface area contributed by atoms with Gasteiger partial charge in [-0.1, -0.05) is 70.4 Å². The Kier molecular flexibility index (Phi) is 26.0. The molecule has 0 radical (unpaired) electrons. The molecule has 0 amide bonds. The minimum Gasteiger partial charge on any atom is -0.550 e. The molecule has 40 heavy (non-hydrogen) atoms. The van der Waals surface area contributed by atoms with Crippen molar-refractivity contribution in [1.29, 1.82) is 0 Å². The van der Waals surface area contributed by atoms with Crippen LogP contribution in [0.3, 0.4) is 0 Å². The highest BCUT2D eigenvalue weighted by Gasteiger charge is 2.26. The molecule has 0 atom stereocenters. The van der Waals surface area contributed by atoms with Crippen molar-refractivity contribution < 1.29 is 34.2 Å². The summed E-state index contributed by atoms with van der Waals surface area (Å²) in [6.07, 6.45) is 27.1. The topological polar surface area (TPSA) is 115 Å². The monoisotopic (exact) mass is 567 g/mol. The first-order valence-electron chi connectivity index (χ1n) is 16.4. The Morgan fingerprint density at radius 2 is 0.875 bits per heavy atom.